The molecular formula is C15H24N2O3S. The summed E-state index contributed by atoms with van der Waals surface area (Å²) in [5.74, 6) is 0.738. The molecule has 3 N–H and O–H groups in total. The number of aryl methyl sites for hydroxylation is 2. The molecule has 1 fully saturated rings. The van der Waals surface area contributed by atoms with Gasteiger partial charge in [0.1, 0.15) is 0 Å². The molecular weight excluding hydrogens is 288 g/mol. The van der Waals surface area contributed by atoms with Crippen molar-refractivity contribution in [1.29, 1.82) is 0 Å². The van der Waals surface area contributed by atoms with Gasteiger partial charge in [-0.1, -0.05) is 0 Å². The molecule has 0 amide bonds. The Labute approximate surface area is 126 Å². The average Bonchev–Trinajstić information content (AvgIpc) is 3.15. The molecule has 1 saturated carbocycles. The fraction of sp³-hybridized carbons (Fsp3) is 0.600. The minimum atomic E-state index is -3.49. The molecule has 0 unspecified atom stereocenters. The number of benzene rings is 1. The first-order chi connectivity index (χ1) is 9.90. The lowest BCUT2D eigenvalue weighted by Gasteiger charge is -2.13. The quantitative estimate of drug-likeness (QED) is 0.568. The summed E-state index contributed by atoms with van der Waals surface area (Å²) >= 11 is 0. The van der Waals surface area contributed by atoms with E-state index in [1.54, 1.807) is 26.0 Å². The highest BCUT2D eigenvalue weighted by atomic mass is 32.2. The molecule has 0 aliphatic heterocycles. The van der Waals surface area contributed by atoms with Crippen molar-refractivity contribution in [3.8, 4) is 0 Å². The van der Waals surface area contributed by atoms with Crippen LogP contribution in [-0.2, 0) is 14.8 Å². The van der Waals surface area contributed by atoms with Gasteiger partial charge in [-0.3, -0.25) is 0 Å². The van der Waals surface area contributed by atoms with Gasteiger partial charge in [-0.05, 0) is 62.3 Å². The first kappa shape index (κ1) is 16.3. The Hall–Kier alpha value is -1.11. The third kappa shape index (κ3) is 4.69. The zero-order chi connectivity index (χ0) is 15.5. The number of rotatable bonds is 8. The maximum absolute atomic E-state index is 12.3. The van der Waals surface area contributed by atoms with E-state index in [1.165, 1.54) is 12.8 Å². The summed E-state index contributed by atoms with van der Waals surface area (Å²) in [5.41, 5.74) is 7.65. The molecule has 6 heteroatoms. The maximum Gasteiger partial charge on any atom is 0.241 e. The largest absolute Gasteiger partial charge is 0.399 e. The molecule has 1 aromatic rings. The predicted octanol–water partition coefficient (Wildman–Crippen LogP) is 1.98. The van der Waals surface area contributed by atoms with Crippen LogP contribution >= 0.6 is 0 Å². The Morgan fingerprint density at radius 3 is 2.48 bits per heavy atom. The van der Waals surface area contributed by atoms with Crippen molar-refractivity contribution in [3.05, 3.63) is 23.3 Å². The van der Waals surface area contributed by atoms with Crippen molar-refractivity contribution in [2.45, 2.75) is 38.0 Å². The lowest BCUT2D eigenvalue weighted by Crippen LogP contribution is -2.27. The summed E-state index contributed by atoms with van der Waals surface area (Å²) in [7, 11) is -3.49. The van der Waals surface area contributed by atoms with Gasteiger partial charge in [-0.15, -0.1) is 0 Å². The van der Waals surface area contributed by atoms with Crippen LogP contribution in [0.4, 0.5) is 5.69 Å². The molecule has 0 aromatic heterocycles. The minimum Gasteiger partial charge on any atom is -0.399 e. The number of nitrogens with one attached hydrogen (secondary N) is 1. The van der Waals surface area contributed by atoms with Crippen LogP contribution in [0, 0.1) is 19.8 Å². The average molecular weight is 312 g/mol. The van der Waals surface area contributed by atoms with Crippen LogP contribution in [0.25, 0.3) is 0 Å². The number of sulfonamides is 1. The van der Waals surface area contributed by atoms with E-state index in [2.05, 4.69) is 4.72 Å². The number of hydrogen-bond acceptors (Lipinski definition) is 4. The van der Waals surface area contributed by atoms with Gasteiger partial charge in [0.05, 0.1) is 4.90 Å². The van der Waals surface area contributed by atoms with Crippen LogP contribution in [0.2, 0.25) is 0 Å². The van der Waals surface area contributed by atoms with Gasteiger partial charge in [0.25, 0.3) is 0 Å². The molecule has 118 valence electrons. The maximum atomic E-state index is 12.3. The summed E-state index contributed by atoms with van der Waals surface area (Å²) in [6.45, 7) is 5.31. The second-order valence-corrected chi connectivity index (χ2v) is 7.46. The minimum absolute atomic E-state index is 0.329. The van der Waals surface area contributed by atoms with Crippen LogP contribution in [-0.4, -0.2) is 28.2 Å². The Bertz CT molecular complexity index is 572. The fourth-order valence-corrected chi connectivity index (χ4v) is 3.92. The van der Waals surface area contributed by atoms with Crippen LogP contribution in [0.1, 0.15) is 30.4 Å². The number of nitrogen functional groups attached to an aromatic ring is 1. The van der Waals surface area contributed by atoms with Gasteiger partial charge in [-0.25, -0.2) is 13.1 Å². The van der Waals surface area contributed by atoms with Gasteiger partial charge < -0.3 is 10.5 Å². The molecule has 1 aliphatic rings. The van der Waals surface area contributed by atoms with Crippen LogP contribution in [0.5, 0.6) is 0 Å². The Kier molecular flexibility index (Phi) is 5.24. The van der Waals surface area contributed by atoms with Gasteiger partial charge in [0, 0.05) is 25.4 Å². The van der Waals surface area contributed by atoms with Crippen LogP contribution in [0.15, 0.2) is 17.0 Å². The molecule has 21 heavy (non-hydrogen) atoms. The molecule has 0 saturated heterocycles. The zero-order valence-corrected chi connectivity index (χ0v) is 13.5. The molecule has 2 rings (SSSR count). The first-order valence-corrected chi connectivity index (χ1v) is 8.82. The van der Waals surface area contributed by atoms with E-state index in [1.807, 2.05) is 0 Å². The summed E-state index contributed by atoms with van der Waals surface area (Å²) in [4.78, 5) is 0.329. The SMILES string of the molecule is Cc1cc(N)cc(C)c1S(=O)(=O)NCCCOCC1CC1. The van der Waals surface area contributed by atoms with Crippen molar-refractivity contribution in [2.75, 3.05) is 25.5 Å². The van der Waals surface area contributed by atoms with Crippen molar-refractivity contribution < 1.29 is 13.2 Å². The van der Waals surface area contributed by atoms with Crippen molar-refractivity contribution in [2.24, 2.45) is 5.92 Å². The zero-order valence-electron chi connectivity index (χ0n) is 12.7. The molecule has 0 heterocycles. The highest BCUT2D eigenvalue weighted by molar-refractivity contribution is 7.89. The number of ether oxygens (including phenoxy) is 1. The van der Waals surface area contributed by atoms with E-state index in [0.717, 1.165) is 12.5 Å². The van der Waals surface area contributed by atoms with Crippen molar-refractivity contribution in [1.82, 2.24) is 4.72 Å². The highest BCUT2D eigenvalue weighted by Gasteiger charge is 2.21. The lowest BCUT2D eigenvalue weighted by molar-refractivity contribution is 0.123. The number of nitrogens with two attached hydrogens (primary N) is 1. The summed E-state index contributed by atoms with van der Waals surface area (Å²) in [6, 6.07) is 3.36. The molecule has 1 aliphatic carbocycles. The van der Waals surface area contributed by atoms with Crippen LogP contribution in [0.3, 0.4) is 0 Å². The second kappa shape index (κ2) is 6.77. The second-order valence-electron chi connectivity index (χ2n) is 5.75. The molecule has 0 spiro atoms. The smallest absolute Gasteiger partial charge is 0.241 e. The van der Waals surface area contributed by atoms with Crippen LogP contribution < -0.4 is 10.5 Å². The van der Waals surface area contributed by atoms with Gasteiger partial charge >= 0.3 is 0 Å². The Morgan fingerprint density at radius 1 is 1.29 bits per heavy atom. The monoisotopic (exact) mass is 312 g/mol. The molecule has 5 nitrogen and oxygen atoms in total. The van der Waals surface area contributed by atoms with E-state index in [0.29, 0.717) is 41.3 Å². The van der Waals surface area contributed by atoms with Gasteiger partial charge in [0.2, 0.25) is 10.0 Å². The molecule has 0 atom stereocenters. The predicted molar refractivity (Wildman–Crippen MR) is 83.7 cm³/mol. The van der Waals surface area contributed by atoms with E-state index in [4.69, 9.17) is 10.5 Å². The third-order valence-electron chi connectivity index (χ3n) is 3.56. The molecule has 0 radical (unpaired) electrons. The third-order valence-corrected chi connectivity index (χ3v) is 5.32. The lowest BCUT2D eigenvalue weighted by atomic mass is 10.1. The highest BCUT2D eigenvalue weighted by Crippen LogP contribution is 2.28. The van der Waals surface area contributed by atoms with Crippen molar-refractivity contribution >= 4 is 15.7 Å². The first-order valence-electron chi connectivity index (χ1n) is 7.34. The van der Waals surface area contributed by atoms with Gasteiger partial charge in [0.15, 0.2) is 0 Å². The summed E-state index contributed by atoms with van der Waals surface area (Å²) < 4.78 is 32.8. The molecule has 1 aromatic carbocycles. The number of anilines is 1. The fourth-order valence-electron chi connectivity index (χ4n) is 2.40. The van der Waals surface area contributed by atoms with E-state index >= 15 is 0 Å². The van der Waals surface area contributed by atoms with E-state index in [-0.39, 0.29) is 0 Å². The van der Waals surface area contributed by atoms with E-state index in [9.17, 15) is 8.42 Å². The van der Waals surface area contributed by atoms with E-state index < -0.39 is 10.0 Å². The summed E-state index contributed by atoms with van der Waals surface area (Å²) in [5, 5.41) is 0. The standard InChI is InChI=1S/C15H24N2O3S/c1-11-8-14(16)9-12(2)15(11)21(18,19)17-6-3-7-20-10-13-4-5-13/h8-9,13,17H,3-7,10,16H2,1-2H3. The Morgan fingerprint density at radius 2 is 1.90 bits per heavy atom. The normalized spacial score (nSPS) is 15.3. The Balaban J connectivity index is 1.86. The van der Waals surface area contributed by atoms with Crippen molar-refractivity contribution in [3.63, 3.8) is 0 Å². The topological polar surface area (TPSA) is 81.4 Å². The molecule has 0 bridgehead atoms. The van der Waals surface area contributed by atoms with Gasteiger partial charge in [-0.2, -0.15) is 0 Å². The summed E-state index contributed by atoms with van der Waals surface area (Å²) in [6.07, 6.45) is 3.21. The number of hydrogen-bond donors (Lipinski definition) is 2.